The van der Waals surface area contributed by atoms with Crippen molar-refractivity contribution < 1.29 is 9.18 Å². The van der Waals surface area contributed by atoms with Gasteiger partial charge in [0.05, 0.1) is 18.3 Å². The van der Waals surface area contributed by atoms with Crippen LogP contribution in [-0.4, -0.2) is 41.2 Å². The van der Waals surface area contributed by atoms with Gasteiger partial charge in [-0.05, 0) is 50.4 Å². The highest BCUT2D eigenvalue weighted by atomic mass is 19.1. The van der Waals surface area contributed by atoms with Gasteiger partial charge in [-0.15, -0.1) is 0 Å². The van der Waals surface area contributed by atoms with E-state index in [1.165, 1.54) is 11.1 Å². The van der Waals surface area contributed by atoms with Crippen LogP contribution in [0, 0.1) is 18.7 Å². The Morgan fingerprint density at radius 1 is 1.14 bits per heavy atom. The molecule has 5 heteroatoms. The van der Waals surface area contributed by atoms with Crippen molar-refractivity contribution in [3.63, 3.8) is 0 Å². The van der Waals surface area contributed by atoms with Crippen molar-refractivity contribution in [3.8, 4) is 0 Å². The molecule has 29 heavy (non-hydrogen) atoms. The minimum atomic E-state index is -0.400. The zero-order valence-electron chi connectivity index (χ0n) is 17.1. The third-order valence-corrected chi connectivity index (χ3v) is 6.02. The minimum Gasteiger partial charge on any atom is -0.294 e. The van der Waals surface area contributed by atoms with Gasteiger partial charge >= 0.3 is 0 Å². The van der Waals surface area contributed by atoms with E-state index < -0.39 is 6.04 Å². The zero-order valence-corrected chi connectivity index (χ0v) is 17.1. The van der Waals surface area contributed by atoms with Gasteiger partial charge in [0.1, 0.15) is 5.82 Å². The highest BCUT2D eigenvalue weighted by molar-refractivity contribution is 6.03. The second-order valence-electron chi connectivity index (χ2n) is 8.35. The number of hydrogen-bond acceptors (Lipinski definition) is 3. The molecule has 2 heterocycles. The molecule has 2 aliphatic rings. The molecule has 1 amide bonds. The van der Waals surface area contributed by atoms with Crippen LogP contribution in [0.25, 0.3) is 0 Å². The van der Waals surface area contributed by atoms with Gasteiger partial charge in [0.25, 0.3) is 5.91 Å². The number of carbonyl (C=O) groups is 1. The molecule has 1 saturated heterocycles. The molecule has 1 fully saturated rings. The topological polar surface area (TPSA) is 35.9 Å². The number of hydrogen-bond donors (Lipinski definition) is 0. The first-order valence-electron chi connectivity index (χ1n) is 10.4. The van der Waals surface area contributed by atoms with Gasteiger partial charge in [0.15, 0.2) is 0 Å². The fourth-order valence-electron chi connectivity index (χ4n) is 4.21. The summed E-state index contributed by atoms with van der Waals surface area (Å²) in [5.41, 5.74) is 3.50. The number of benzene rings is 2. The second kappa shape index (κ2) is 8.46. The lowest BCUT2D eigenvalue weighted by atomic mass is 9.97. The van der Waals surface area contributed by atoms with E-state index in [1.807, 2.05) is 31.2 Å². The lowest BCUT2D eigenvalue weighted by Crippen LogP contribution is -2.41. The first-order valence-corrected chi connectivity index (χ1v) is 10.4. The number of rotatable bonds is 4. The van der Waals surface area contributed by atoms with Crippen LogP contribution in [0.3, 0.4) is 0 Å². The summed E-state index contributed by atoms with van der Waals surface area (Å²) in [4.78, 5) is 15.4. The molecular weight excluding hydrogens is 365 g/mol. The summed E-state index contributed by atoms with van der Waals surface area (Å²) in [6.45, 7) is 6.49. The van der Waals surface area contributed by atoms with Crippen molar-refractivity contribution in [1.29, 1.82) is 0 Å². The van der Waals surface area contributed by atoms with Gasteiger partial charge in [0, 0.05) is 12.0 Å². The third kappa shape index (κ3) is 4.40. The Morgan fingerprint density at radius 2 is 1.90 bits per heavy atom. The average Bonchev–Trinajstić information content (AvgIpc) is 3.15. The van der Waals surface area contributed by atoms with Crippen LogP contribution in [-0.2, 0) is 4.79 Å². The minimum absolute atomic E-state index is 0.0598. The van der Waals surface area contributed by atoms with Crippen LogP contribution in [0.4, 0.5) is 4.39 Å². The molecule has 0 saturated carbocycles. The van der Waals surface area contributed by atoms with Crippen molar-refractivity contribution >= 4 is 11.6 Å². The van der Waals surface area contributed by atoms with Crippen LogP contribution < -0.4 is 0 Å². The van der Waals surface area contributed by atoms with Crippen molar-refractivity contribution in [1.82, 2.24) is 9.91 Å². The lowest BCUT2D eigenvalue weighted by molar-refractivity contribution is -0.134. The van der Waals surface area contributed by atoms with E-state index in [4.69, 9.17) is 0 Å². The maximum Gasteiger partial charge on any atom is 0.257 e. The van der Waals surface area contributed by atoms with Crippen molar-refractivity contribution in [2.75, 3.05) is 19.6 Å². The van der Waals surface area contributed by atoms with E-state index in [9.17, 15) is 9.18 Å². The number of hydrazone groups is 1. The molecule has 2 aromatic rings. The predicted molar refractivity (Wildman–Crippen MR) is 113 cm³/mol. The smallest absolute Gasteiger partial charge is 0.257 e. The Labute approximate surface area is 172 Å². The molecule has 0 spiro atoms. The van der Waals surface area contributed by atoms with E-state index in [-0.39, 0.29) is 11.7 Å². The van der Waals surface area contributed by atoms with E-state index in [0.29, 0.717) is 24.4 Å². The summed E-state index contributed by atoms with van der Waals surface area (Å²) in [5.74, 6) is 0.364. The monoisotopic (exact) mass is 393 g/mol. The van der Waals surface area contributed by atoms with Gasteiger partial charge in [-0.2, -0.15) is 5.10 Å². The molecular formula is C24H28FN3O. The van der Waals surface area contributed by atoms with E-state index >= 15 is 0 Å². The number of nitrogens with zero attached hydrogens (tertiary/aromatic N) is 3. The number of aryl methyl sites for hydroxylation is 1. The second-order valence-corrected chi connectivity index (χ2v) is 8.35. The molecule has 2 aromatic carbocycles. The van der Waals surface area contributed by atoms with Gasteiger partial charge in [-0.25, -0.2) is 9.40 Å². The Hall–Kier alpha value is -2.53. The van der Waals surface area contributed by atoms with Crippen LogP contribution in [0.15, 0.2) is 53.6 Å². The zero-order chi connectivity index (χ0) is 20.4. The van der Waals surface area contributed by atoms with E-state index in [2.05, 4.69) is 23.0 Å². The Bertz CT molecular complexity index is 918. The van der Waals surface area contributed by atoms with Crippen LogP contribution in [0.5, 0.6) is 0 Å². The van der Waals surface area contributed by atoms with Gasteiger partial charge < -0.3 is 0 Å². The molecule has 0 radical (unpaired) electrons. The molecule has 1 unspecified atom stereocenters. The van der Waals surface area contributed by atoms with Crippen LogP contribution in [0.1, 0.15) is 48.9 Å². The SMILES string of the molecule is Cc1cccc(C2=NN(C(=O)CN3CCC(C)CC3)C(c3ccccc3F)C2)c1. The number of carbonyl (C=O) groups excluding carboxylic acids is 1. The van der Waals surface area contributed by atoms with Crippen molar-refractivity contribution in [2.45, 2.75) is 39.2 Å². The predicted octanol–water partition coefficient (Wildman–Crippen LogP) is 4.54. The summed E-state index contributed by atoms with van der Waals surface area (Å²) in [7, 11) is 0. The normalized spacial score (nSPS) is 20.7. The Morgan fingerprint density at radius 3 is 2.62 bits per heavy atom. The van der Waals surface area contributed by atoms with E-state index in [1.54, 1.807) is 12.1 Å². The maximum absolute atomic E-state index is 14.6. The Balaban J connectivity index is 1.60. The summed E-state index contributed by atoms with van der Waals surface area (Å²) >= 11 is 0. The lowest BCUT2D eigenvalue weighted by Gasteiger charge is -2.31. The van der Waals surface area contributed by atoms with Gasteiger partial charge in [-0.3, -0.25) is 9.69 Å². The highest BCUT2D eigenvalue weighted by Gasteiger charge is 2.35. The molecule has 0 bridgehead atoms. The van der Waals surface area contributed by atoms with Crippen molar-refractivity contribution in [3.05, 3.63) is 71.0 Å². The first-order chi connectivity index (χ1) is 14.0. The Kier molecular flexibility index (Phi) is 5.76. The number of piperidine rings is 1. The number of halogens is 1. The fourth-order valence-corrected chi connectivity index (χ4v) is 4.21. The molecule has 152 valence electrons. The van der Waals surface area contributed by atoms with E-state index in [0.717, 1.165) is 42.8 Å². The standard InChI is InChI=1S/C24H28FN3O/c1-17-10-12-27(13-11-17)16-24(29)28-23(20-8-3-4-9-21(20)25)15-22(26-28)19-7-5-6-18(2)14-19/h3-9,14,17,23H,10-13,15-16H2,1-2H3. The largest absolute Gasteiger partial charge is 0.294 e. The summed E-state index contributed by atoms with van der Waals surface area (Å²) in [6.07, 6.45) is 2.75. The average molecular weight is 394 g/mol. The summed E-state index contributed by atoms with van der Waals surface area (Å²) in [6, 6.07) is 14.4. The fraction of sp³-hybridized carbons (Fsp3) is 0.417. The molecule has 0 aromatic heterocycles. The third-order valence-electron chi connectivity index (χ3n) is 6.02. The molecule has 4 rings (SSSR count). The first kappa shape index (κ1) is 19.8. The van der Waals surface area contributed by atoms with Gasteiger partial charge in [0.2, 0.25) is 0 Å². The summed E-state index contributed by atoms with van der Waals surface area (Å²) in [5, 5.41) is 6.21. The number of amides is 1. The van der Waals surface area contributed by atoms with Crippen molar-refractivity contribution in [2.24, 2.45) is 11.0 Å². The molecule has 1 atom stereocenters. The van der Waals surface area contributed by atoms with Crippen LogP contribution >= 0.6 is 0 Å². The molecule has 2 aliphatic heterocycles. The molecule has 0 N–H and O–H groups in total. The highest BCUT2D eigenvalue weighted by Crippen LogP contribution is 2.34. The molecule has 0 aliphatic carbocycles. The summed E-state index contributed by atoms with van der Waals surface area (Å²) < 4.78 is 14.6. The van der Waals surface area contributed by atoms with Gasteiger partial charge in [-0.1, -0.05) is 55.0 Å². The molecule has 4 nitrogen and oxygen atoms in total. The maximum atomic E-state index is 14.6. The quantitative estimate of drug-likeness (QED) is 0.764. The van der Waals surface area contributed by atoms with Crippen LogP contribution in [0.2, 0.25) is 0 Å². The number of likely N-dealkylation sites (tertiary alicyclic amines) is 1.